The Balaban J connectivity index is 1.43. The number of sulfonamides is 1. The molecule has 2 amide bonds. The van der Waals surface area contributed by atoms with Crippen LogP contribution in [-0.4, -0.2) is 77.8 Å². The van der Waals surface area contributed by atoms with Gasteiger partial charge in [-0.3, -0.25) is 9.59 Å². The highest BCUT2D eigenvalue weighted by atomic mass is 32.2. The third-order valence-corrected chi connectivity index (χ3v) is 8.65. The molecule has 3 heterocycles. The second kappa shape index (κ2) is 9.71. The molecule has 9 nitrogen and oxygen atoms in total. The molecular weight excluding hydrogens is 434 g/mol. The molecule has 29 heavy (non-hydrogen) atoms. The summed E-state index contributed by atoms with van der Waals surface area (Å²) in [6.45, 7) is 4.55. The van der Waals surface area contributed by atoms with Gasteiger partial charge in [0.2, 0.25) is 27.0 Å². The van der Waals surface area contributed by atoms with E-state index in [2.05, 4.69) is 22.4 Å². The zero-order chi connectivity index (χ0) is 21.0. The van der Waals surface area contributed by atoms with Gasteiger partial charge in [0.25, 0.3) is 0 Å². The molecule has 2 fully saturated rings. The highest BCUT2D eigenvalue weighted by molar-refractivity contribution is 8.01. The topological polar surface area (TPSA) is 113 Å². The summed E-state index contributed by atoms with van der Waals surface area (Å²) in [5.74, 6) is 0.710. The summed E-state index contributed by atoms with van der Waals surface area (Å²) in [6, 6.07) is 0. The number of anilines is 1. The Kier molecular flexibility index (Phi) is 7.52. The van der Waals surface area contributed by atoms with Gasteiger partial charge in [0, 0.05) is 32.1 Å². The van der Waals surface area contributed by atoms with E-state index in [1.807, 2.05) is 4.90 Å². The highest BCUT2D eigenvalue weighted by Crippen LogP contribution is 2.28. The number of amides is 2. The van der Waals surface area contributed by atoms with Gasteiger partial charge in [-0.25, -0.2) is 12.7 Å². The number of thioether (sulfide) groups is 1. The van der Waals surface area contributed by atoms with Gasteiger partial charge in [-0.05, 0) is 31.6 Å². The van der Waals surface area contributed by atoms with E-state index in [1.54, 1.807) is 0 Å². The van der Waals surface area contributed by atoms with Crippen LogP contribution >= 0.6 is 23.1 Å². The molecule has 3 rings (SSSR count). The lowest BCUT2D eigenvalue weighted by Gasteiger charge is -2.30. The molecule has 2 aliphatic heterocycles. The maximum atomic E-state index is 12.4. The first-order valence-electron chi connectivity index (χ1n) is 9.72. The maximum absolute atomic E-state index is 12.4. The summed E-state index contributed by atoms with van der Waals surface area (Å²) in [7, 11) is -3.21. The second-order valence-electron chi connectivity index (χ2n) is 7.65. The van der Waals surface area contributed by atoms with Gasteiger partial charge >= 0.3 is 0 Å². The minimum atomic E-state index is -3.21. The summed E-state index contributed by atoms with van der Waals surface area (Å²) < 4.78 is 25.2. The van der Waals surface area contributed by atoms with Gasteiger partial charge in [-0.2, -0.15) is 0 Å². The molecule has 0 saturated carbocycles. The van der Waals surface area contributed by atoms with E-state index < -0.39 is 10.0 Å². The molecule has 0 atom stereocenters. The van der Waals surface area contributed by atoms with Gasteiger partial charge in [-0.15, -0.1) is 10.2 Å². The lowest BCUT2D eigenvalue weighted by molar-refractivity contribution is -0.129. The van der Waals surface area contributed by atoms with Crippen molar-refractivity contribution in [2.45, 2.75) is 36.9 Å². The van der Waals surface area contributed by atoms with E-state index in [0.29, 0.717) is 47.1 Å². The molecule has 0 aromatic carbocycles. The van der Waals surface area contributed by atoms with Crippen LogP contribution in [0, 0.1) is 11.8 Å². The number of carbonyl (C=O) groups excluding carboxylic acids is 2. The molecule has 2 saturated heterocycles. The van der Waals surface area contributed by atoms with Gasteiger partial charge in [0.05, 0.1) is 12.0 Å². The van der Waals surface area contributed by atoms with Crippen molar-refractivity contribution in [3.05, 3.63) is 0 Å². The van der Waals surface area contributed by atoms with Crippen molar-refractivity contribution in [1.29, 1.82) is 0 Å². The van der Waals surface area contributed by atoms with Crippen molar-refractivity contribution in [3.63, 3.8) is 0 Å². The fraction of sp³-hybridized carbons (Fsp3) is 0.765. The molecule has 1 aromatic heterocycles. The van der Waals surface area contributed by atoms with Crippen LogP contribution in [0.25, 0.3) is 0 Å². The van der Waals surface area contributed by atoms with Crippen LogP contribution in [0.4, 0.5) is 5.13 Å². The number of carbonyl (C=O) groups is 2. The van der Waals surface area contributed by atoms with E-state index in [4.69, 9.17) is 0 Å². The lowest BCUT2D eigenvalue weighted by Crippen LogP contribution is -2.40. The molecule has 0 aliphatic carbocycles. The van der Waals surface area contributed by atoms with Crippen LogP contribution in [0.3, 0.4) is 0 Å². The van der Waals surface area contributed by atoms with Gasteiger partial charge in [-0.1, -0.05) is 30.0 Å². The van der Waals surface area contributed by atoms with E-state index in [0.717, 1.165) is 25.9 Å². The standard InChI is InChI=1S/C17H27N5O4S3/c1-12-3-7-21(8-4-12)14(23)11-27-17-20-19-16(28-17)18-15(24)13-5-9-22(10-6-13)29(2,25)26/h12-13H,3-11H2,1-2H3,(H,18,19,24). The van der Waals surface area contributed by atoms with Crippen molar-refractivity contribution >= 4 is 50.1 Å². The number of rotatable bonds is 6. The molecular formula is C17H27N5O4S3. The number of piperidine rings is 2. The van der Waals surface area contributed by atoms with Crippen LogP contribution < -0.4 is 5.32 Å². The minimum absolute atomic E-state index is 0.111. The summed E-state index contributed by atoms with van der Waals surface area (Å²) >= 11 is 2.59. The van der Waals surface area contributed by atoms with Gasteiger partial charge < -0.3 is 10.2 Å². The van der Waals surface area contributed by atoms with Crippen LogP contribution in [0.1, 0.15) is 32.6 Å². The van der Waals surface area contributed by atoms with Crippen LogP contribution in [-0.2, 0) is 19.6 Å². The molecule has 1 N–H and O–H groups in total. The summed E-state index contributed by atoms with van der Waals surface area (Å²) in [5.41, 5.74) is 0. The van der Waals surface area contributed by atoms with Crippen molar-refractivity contribution in [1.82, 2.24) is 19.4 Å². The second-order valence-corrected chi connectivity index (χ2v) is 11.8. The predicted molar refractivity (Wildman–Crippen MR) is 113 cm³/mol. The quantitative estimate of drug-likeness (QED) is 0.504. The van der Waals surface area contributed by atoms with Crippen molar-refractivity contribution in [2.24, 2.45) is 11.8 Å². The summed E-state index contributed by atoms with van der Waals surface area (Å²) in [4.78, 5) is 26.6. The van der Waals surface area contributed by atoms with Gasteiger partial charge in [0.1, 0.15) is 0 Å². The minimum Gasteiger partial charge on any atom is -0.342 e. The van der Waals surface area contributed by atoms with Crippen LogP contribution in [0.15, 0.2) is 4.34 Å². The van der Waals surface area contributed by atoms with E-state index in [-0.39, 0.29) is 17.7 Å². The maximum Gasteiger partial charge on any atom is 0.233 e. The fourth-order valence-electron chi connectivity index (χ4n) is 3.45. The van der Waals surface area contributed by atoms with Crippen molar-refractivity contribution in [2.75, 3.05) is 43.5 Å². The molecule has 12 heteroatoms. The molecule has 0 bridgehead atoms. The molecule has 2 aliphatic rings. The predicted octanol–water partition coefficient (Wildman–Crippen LogP) is 1.50. The average Bonchev–Trinajstić information content (AvgIpc) is 3.13. The number of nitrogens with zero attached hydrogens (tertiary/aromatic N) is 4. The zero-order valence-corrected chi connectivity index (χ0v) is 19.1. The normalized spacial score (nSPS) is 20.0. The largest absolute Gasteiger partial charge is 0.342 e. The fourth-order valence-corrected chi connectivity index (χ4v) is 5.98. The van der Waals surface area contributed by atoms with Crippen LogP contribution in [0.5, 0.6) is 0 Å². The Hall–Kier alpha value is -1.24. The van der Waals surface area contributed by atoms with Gasteiger partial charge in [0.15, 0.2) is 4.34 Å². The van der Waals surface area contributed by atoms with E-state index in [1.165, 1.54) is 33.7 Å². The molecule has 0 spiro atoms. The number of nitrogens with one attached hydrogen (secondary N) is 1. The third-order valence-electron chi connectivity index (χ3n) is 5.39. The Bertz CT molecular complexity index is 828. The van der Waals surface area contributed by atoms with E-state index >= 15 is 0 Å². The van der Waals surface area contributed by atoms with Crippen LogP contribution in [0.2, 0.25) is 0 Å². The average molecular weight is 462 g/mol. The number of hydrogen-bond donors (Lipinski definition) is 1. The third kappa shape index (κ3) is 6.37. The van der Waals surface area contributed by atoms with Crippen molar-refractivity contribution in [3.8, 4) is 0 Å². The molecule has 1 aromatic rings. The number of aromatic nitrogens is 2. The number of likely N-dealkylation sites (tertiary alicyclic amines) is 1. The Morgan fingerprint density at radius 2 is 1.79 bits per heavy atom. The first-order valence-corrected chi connectivity index (χ1v) is 13.4. The highest BCUT2D eigenvalue weighted by Gasteiger charge is 2.29. The molecule has 0 unspecified atom stereocenters. The van der Waals surface area contributed by atoms with E-state index in [9.17, 15) is 18.0 Å². The Morgan fingerprint density at radius 1 is 1.14 bits per heavy atom. The lowest BCUT2D eigenvalue weighted by atomic mass is 9.97. The first kappa shape index (κ1) is 22.4. The SMILES string of the molecule is CC1CCN(C(=O)CSc2nnc(NC(=O)C3CCN(S(C)(=O)=O)CC3)s2)CC1. The summed E-state index contributed by atoms with van der Waals surface area (Å²) in [6.07, 6.45) is 4.26. The molecule has 0 radical (unpaired) electrons. The zero-order valence-electron chi connectivity index (χ0n) is 16.7. The summed E-state index contributed by atoms with van der Waals surface area (Å²) in [5, 5.41) is 11.2. The molecule has 162 valence electrons. The van der Waals surface area contributed by atoms with Crippen molar-refractivity contribution < 1.29 is 18.0 Å². The smallest absolute Gasteiger partial charge is 0.233 e. The Morgan fingerprint density at radius 3 is 2.41 bits per heavy atom. The Labute approximate surface area is 179 Å². The monoisotopic (exact) mass is 461 g/mol. The number of hydrogen-bond acceptors (Lipinski definition) is 8. The first-order chi connectivity index (χ1) is 13.7.